The van der Waals surface area contributed by atoms with Crippen LogP contribution in [0.25, 0.3) is 72.0 Å². The Morgan fingerprint density at radius 2 is 1.19 bits per heavy atom. The zero-order chi connectivity index (χ0) is 32.7. The van der Waals surface area contributed by atoms with Crippen molar-refractivity contribution in [2.24, 2.45) is 7.05 Å². The molecule has 0 saturated heterocycles. The first-order chi connectivity index (χ1) is 23.3. The van der Waals surface area contributed by atoms with Crippen molar-refractivity contribution in [2.45, 2.75) is 26.2 Å². The third-order valence-electron chi connectivity index (χ3n) is 9.57. The molecule has 0 atom stereocenters. The summed E-state index contributed by atoms with van der Waals surface area (Å²) in [7, 11) is 2.02. The van der Waals surface area contributed by atoms with Crippen LogP contribution >= 0.6 is 0 Å². The largest absolute Gasteiger partial charge is 0.319 e. The Kier molecular flexibility index (Phi) is 5.94. The molecule has 0 bridgehead atoms. The summed E-state index contributed by atoms with van der Waals surface area (Å²) in [6.45, 7) is 6.69. The van der Waals surface area contributed by atoms with E-state index < -0.39 is 0 Å². The summed E-state index contributed by atoms with van der Waals surface area (Å²) in [4.78, 5) is 5.52. The summed E-state index contributed by atoms with van der Waals surface area (Å²) in [5.41, 5.74) is 10.5. The van der Waals surface area contributed by atoms with E-state index in [-0.39, 0.29) is 5.41 Å². The molecule has 230 valence electrons. The van der Waals surface area contributed by atoms with E-state index in [2.05, 4.69) is 144 Å². The molecule has 0 aliphatic heterocycles. The van der Waals surface area contributed by atoms with Crippen LogP contribution in [0, 0.1) is 17.7 Å². The fourth-order valence-corrected chi connectivity index (χ4v) is 7.29. The first-order valence-electron chi connectivity index (χ1n) is 16.2. The van der Waals surface area contributed by atoms with Gasteiger partial charge in [-0.05, 0) is 47.4 Å². The lowest BCUT2D eigenvalue weighted by Crippen LogP contribution is -2.26. The Balaban J connectivity index is 1.40. The molecule has 0 fully saturated rings. The molecule has 48 heavy (non-hydrogen) atoms. The number of aryl methyl sites for hydroxylation is 1. The smallest absolute Gasteiger partial charge is 0.244 e. The quantitative estimate of drug-likeness (QED) is 0.146. The predicted octanol–water partition coefficient (Wildman–Crippen LogP) is 9.01. The molecule has 0 saturated carbocycles. The Labute approximate surface area is 277 Å². The van der Waals surface area contributed by atoms with Crippen LogP contribution in [-0.4, -0.2) is 18.7 Å². The minimum absolute atomic E-state index is 0.0236. The monoisotopic (exact) mass is 620 g/mol. The highest BCUT2D eigenvalue weighted by atomic mass is 15.1. The number of pyridine rings is 1. The van der Waals surface area contributed by atoms with Crippen molar-refractivity contribution in [2.75, 3.05) is 0 Å². The first-order valence-corrected chi connectivity index (χ1v) is 16.2. The molecular weight excluding hydrogens is 589 g/mol. The summed E-state index contributed by atoms with van der Waals surface area (Å²) < 4.78 is 8.54. The van der Waals surface area contributed by atoms with Gasteiger partial charge in [-0.15, -0.1) is 0 Å². The molecule has 0 amide bonds. The fraction of sp³-hybridized carbons (Fsp3) is 0.119. The van der Waals surface area contributed by atoms with Crippen LogP contribution < -0.4 is 4.57 Å². The maximum atomic E-state index is 11.0. The highest BCUT2D eigenvalue weighted by Gasteiger charge is 2.25. The number of imidazole rings is 1. The van der Waals surface area contributed by atoms with Gasteiger partial charge >= 0.3 is 0 Å². The fourth-order valence-electron chi connectivity index (χ4n) is 7.29. The van der Waals surface area contributed by atoms with Crippen LogP contribution in [0.5, 0.6) is 0 Å². The average molecular weight is 621 g/mol. The molecule has 0 N–H and O–H groups in total. The van der Waals surface area contributed by atoms with Crippen LogP contribution in [0.2, 0.25) is 0 Å². The van der Waals surface area contributed by atoms with E-state index in [9.17, 15) is 5.26 Å². The van der Waals surface area contributed by atoms with Gasteiger partial charge in [-0.3, -0.25) is 9.13 Å². The number of para-hydroxylation sites is 4. The van der Waals surface area contributed by atoms with Gasteiger partial charge in [0.15, 0.2) is 0 Å². The van der Waals surface area contributed by atoms with Gasteiger partial charge in [-0.2, -0.15) is 5.26 Å². The lowest BCUT2D eigenvalue weighted by atomic mass is 9.87. The maximum Gasteiger partial charge on any atom is 0.244 e. The predicted molar refractivity (Wildman–Crippen MR) is 193 cm³/mol. The van der Waals surface area contributed by atoms with Gasteiger partial charge in [0, 0.05) is 32.9 Å². The van der Waals surface area contributed by atoms with E-state index in [1.165, 1.54) is 5.56 Å². The van der Waals surface area contributed by atoms with Crippen molar-refractivity contribution < 1.29 is 4.57 Å². The van der Waals surface area contributed by atoms with Crippen molar-refractivity contribution in [1.82, 2.24) is 18.7 Å². The van der Waals surface area contributed by atoms with E-state index in [0.717, 1.165) is 72.0 Å². The highest BCUT2D eigenvalue weighted by Crippen LogP contribution is 2.41. The second-order valence-electron chi connectivity index (χ2n) is 13.5. The van der Waals surface area contributed by atoms with Crippen molar-refractivity contribution in [3.05, 3.63) is 139 Å². The third-order valence-corrected chi connectivity index (χ3v) is 9.57. The lowest BCUT2D eigenvalue weighted by molar-refractivity contribution is -0.649. The number of nitriles is 1. The van der Waals surface area contributed by atoms with E-state index in [1.807, 2.05) is 35.9 Å². The van der Waals surface area contributed by atoms with Crippen LogP contribution in [0.4, 0.5) is 0 Å². The van der Waals surface area contributed by atoms with E-state index in [1.54, 1.807) is 0 Å². The third kappa shape index (κ3) is 3.98. The minimum Gasteiger partial charge on any atom is -0.319 e. The van der Waals surface area contributed by atoms with Crippen molar-refractivity contribution in [1.29, 1.82) is 5.26 Å². The maximum absolute atomic E-state index is 11.0. The van der Waals surface area contributed by atoms with Gasteiger partial charge in [-0.1, -0.05) is 106 Å². The summed E-state index contributed by atoms with van der Waals surface area (Å²) in [5, 5.41) is 14.7. The van der Waals surface area contributed by atoms with Crippen molar-refractivity contribution in [3.63, 3.8) is 0 Å². The molecule has 4 heterocycles. The molecule has 9 rings (SSSR count). The zero-order valence-corrected chi connectivity index (χ0v) is 27.2. The molecule has 6 heteroatoms. The lowest BCUT2D eigenvalue weighted by Gasteiger charge is -2.20. The highest BCUT2D eigenvalue weighted by molar-refractivity contribution is 6.20. The normalized spacial score (nSPS) is 12.1. The van der Waals surface area contributed by atoms with Crippen LogP contribution in [0.1, 0.15) is 31.9 Å². The molecule has 6 nitrogen and oxygen atoms in total. The molecular formula is C42H32N6. The Morgan fingerprint density at radius 1 is 0.646 bits per heavy atom. The number of hydrogen-bond acceptors (Lipinski definition) is 2. The molecule has 5 aromatic carbocycles. The number of nitrogens with zero attached hydrogens (tertiary/aromatic N) is 6. The van der Waals surface area contributed by atoms with Crippen LogP contribution in [0.3, 0.4) is 0 Å². The van der Waals surface area contributed by atoms with Gasteiger partial charge < -0.3 is 9.13 Å². The van der Waals surface area contributed by atoms with Gasteiger partial charge in [-0.25, -0.2) is 4.98 Å². The van der Waals surface area contributed by atoms with Gasteiger partial charge in [0.2, 0.25) is 6.33 Å². The van der Waals surface area contributed by atoms with Gasteiger partial charge in [0.05, 0.1) is 40.4 Å². The number of hydrogen-bond donors (Lipinski definition) is 0. The van der Waals surface area contributed by atoms with Crippen molar-refractivity contribution in [3.8, 4) is 23.1 Å². The number of fused-ring (bicyclic) bond motifs is 7. The Bertz CT molecular complexity index is 2790. The molecule has 0 radical (unpaired) electrons. The first kappa shape index (κ1) is 28.1. The number of benzene rings is 5. The molecule has 0 aliphatic rings. The van der Waals surface area contributed by atoms with E-state index >= 15 is 0 Å². The summed E-state index contributed by atoms with van der Waals surface area (Å²) in [5.74, 6) is 0. The van der Waals surface area contributed by atoms with Gasteiger partial charge in [0.1, 0.15) is 17.4 Å². The molecule has 0 unspecified atom stereocenters. The summed E-state index contributed by atoms with van der Waals surface area (Å²) in [6, 6.07) is 44.8. The molecule has 9 aromatic rings. The second kappa shape index (κ2) is 10.2. The topological polar surface area (TPSA) is 55.4 Å². The standard InChI is InChI=1S/C42H32N6/c1-42(2,3)27-13-11-15-29(23-27)47-34-19-7-5-17-31(34)38-33(25-43)39-32-18-6-8-20-35(32)48(41(39)44-40(38)47)30-16-12-14-28(24-30)46-26-45(4)36-21-9-10-22-37(36)46/h5-24H,1-4H3. The van der Waals surface area contributed by atoms with Gasteiger partial charge in [0.25, 0.3) is 0 Å². The average Bonchev–Trinajstić information content (AvgIpc) is 3.74. The Morgan fingerprint density at radius 3 is 1.81 bits per heavy atom. The van der Waals surface area contributed by atoms with Crippen LogP contribution in [-0.2, 0) is 12.5 Å². The Hall–Kier alpha value is -6.19. The number of rotatable bonds is 3. The molecule has 0 aliphatic carbocycles. The number of aromatic nitrogens is 5. The van der Waals surface area contributed by atoms with E-state index in [0.29, 0.717) is 5.56 Å². The van der Waals surface area contributed by atoms with Crippen molar-refractivity contribution >= 4 is 54.9 Å². The van der Waals surface area contributed by atoms with Crippen LogP contribution in [0.15, 0.2) is 121 Å². The molecule has 4 aromatic heterocycles. The minimum atomic E-state index is -0.0236. The summed E-state index contributed by atoms with van der Waals surface area (Å²) >= 11 is 0. The summed E-state index contributed by atoms with van der Waals surface area (Å²) in [6.07, 6.45) is 3.48. The zero-order valence-electron chi connectivity index (χ0n) is 27.2. The van der Waals surface area contributed by atoms with E-state index in [4.69, 9.17) is 4.98 Å². The SMILES string of the molecule is C[n+]1[c-]n(-c2cccc(-n3c4ccccc4c4c(C#N)c5c6ccccc6n(-c6cccc(C(C)(C)C)c6)c5nc43)c2)c2ccccc21. The second-order valence-corrected chi connectivity index (χ2v) is 13.5. The molecule has 0 spiro atoms.